The van der Waals surface area contributed by atoms with Crippen LogP contribution in [0.5, 0.6) is 0 Å². The molecule has 1 aromatic rings. The van der Waals surface area contributed by atoms with Crippen LogP contribution in [0.25, 0.3) is 6.08 Å². The van der Waals surface area contributed by atoms with E-state index in [1.54, 1.807) is 24.3 Å². The van der Waals surface area contributed by atoms with E-state index in [-0.39, 0.29) is 11.8 Å². The summed E-state index contributed by atoms with van der Waals surface area (Å²) in [7, 11) is 0. The number of nitrogens with one attached hydrogen (secondary N) is 2. The van der Waals surface area contributed by atoms with Gasteiger partial charge in [-0.2, -0.15) is 0 Å². The molecule has 0 bridgehead atoms. The van der Waals surface area contributed by atoms with E-state index in [1.165, 1.54) is 6.08 Å². The summed E-state index contributed by atoms with van der Waals surface area (Å²) in [6, 6.07) is 3.33. The molecule has 18 heavy (non-hydrogen) atoms. The summed E-state index contributed by atoms with van der Waals surface area (Å²) in [6.07, 6.45) is 4.05. The van der Waals surface area contributed by atoms with Gasteiger partial charge in [-0.3, -0.25) is 9.59 Å². The maximum absolute atomic E-state index is 11.6. The summed E-state index contributed by atoms with van der Waals surface area (Å²) in [4.78, 5) is 24.1. The average molecular weight is 266 g/mol. The second-order valence-corrected chi connectivity index (χ2v) is 4.85. The highest BCUT2D eigenvalue weighted by molar-refractivity contribution is 7.10. The van der Waals surface area contributed by atoms with E-state index in [0.717, 1.165) is 11.3 Å². The molecule has 2 amide bonds. The molecule has 0 aliphatic rings. The number of amides is 2. The molecule has 0 fully saturated rings. The predicted octanol–water partition coefficient (Wildman–Crippen LogP) is 1.79. The van der Waals surface area contributed by atoms with Crippen molar-refractivity contribution in [3.05, 3.63) is 28.5 Å². The Balaban J connectivity index is 2.37. The summed E-state index contributed by atoms with van der Waals surface area (Å²) < 4.78 is 0. The van der Waals surface area contributed by atoms with Crippen molar-refractivity contribution in [1.82, 2.24) is 10.6 Å². The molecule has 0 aromatic carbocycles. The molecule has 1 aromatic heterocycles. The van der Waals surface area contributed by atoms with Crippen LogP contribution in [0.1, 0.15) is 25.1 Å². The van der Waals surface area contributed by atoms with Gasteiger partial charge in [-0.15, -0.1) is 11.3 Å². The molecule has 0 saturated carbocycles. The molecule has 4 nitrogen and oxygen atoms in total. The summed E-state index contributed by atoms with van der Waals surface area (Å²) >= 11 is 1.56. The van der Waals surface area contributed by atoms with Crippen molar-refractivity contribution in [2.24, 2.45) is 0 Å². The van der Waals surface area contributed by atoms with E-state index < -0.39 is 6.04 Å². The highest BCUT2D eigenvalue weighted by Crippen LogP contribution is 2.09. The Morgan fingerprint density at radius 3 is 2.89 bits per heavy atom. The Kier molecular flexibility index (Phi) is 6.14. The number of hydrogen-bond donors (Lipinski definition) is 2. The van der Waals surface area contributed by atoms with Gasteiger partial charge in [0.15, 0.2) is 0 Å². The monoisotopic (exact) mass is 266 g/mol. The Labute approximate surface area is 111 Å². The van der Waals surface area contributed by atoms with Crippen LogP contribution < -0.4 is 10.6 Å². The molecule has 2 N–H and O–H groups in total. The summed E-state index contributed by atoms with van der Waals surface area (Å²) in [5.41, 5.74) is 0. The van der Waals surface area contributed by atoms with Crippen molar-refractivity contribution < 1.29 is 9.59 Å². The summed E-state index contributed by atoms with van der Waals surface area (Å²) in [5.74, 6) is -0.419. The third kappa shape index (κ3) is 5.14. The van der Waals surface area contributed by atoms with Gasteiger partial charge in [-0.05, 0) is 30.9 Å². The highest BCUT2D eigenvalue weighted by Gasteiger charge is 2.12. The minimum atomic E-state index is -0.517. The maximum atomic E-state index is 11.6. The predicted molar refractivity (Wildman–Crippen MR) is 74.3 cm³/mol. The number of rotatable bonds is 6. The van der Waals surface area contributed by atoms with Crippen LogP contribution >= 0.6 is 11.3 Å². The van der Waals surface area contributed by atoms with Crippen LogP contribution in [-0.2, 0) is 9.59 Å². The topological polar surface area (TPSA) is 58.2 Å². The zero-order chi connectivity index (χ0) is 13.4. The highest BCUT2D eigenvalue weighted by atomic mass is 32.1. The van der Waals surface area contributed by atoms with Gasteiger partial charge >= 0.3 is 0 Å². The first kappa shape index (κ1) is 14.4. The van der Waals surface area contributed by atoms with Crippen molar-refractivity contribution in [2.45, 2.75) is 26.3 Å². The van der Waals surface area contributed by atoms with Crippen LogP contribution in [-0.4, -0.2) is 24.4 Å². The first-order valence-electron chi connectivity index (χ1n) is 5.93. The molecule has 0 aliphatic carbocycles. The molecule has 1 atom stereocenters. The minimum absolute atomic E-state index is 0.158. The number of thiophene rings is 1. The summed E-state index contributed by atoms with van der Waals surface area (Å²) in [5, 5.41) is 7.29. The molecule has 0 aliphatic heterocycles. The number of carbonyl (C=O) groups excluding carboxylic acids is 2. The molecule has 1 heterocycles. The van der Waals surface area contributed by atoms with Gasteiger partial charge in [0, 0.05) is 17.5 Å². The number of hydrogen-bond acceptors (Lipinski definition) is 3. The smallest absolute Gasteiger partial charge is 0.244 e. The zero-order valence-electron chi connectivity index (χ0n) is 10.6. The second kappa shape index (κ2) is 7.66. The Hall–Kier alpha value is -1.62. The lowest BCUT2D eigenvalue weighted by Gasteiger charge is -2.12. The first-order valence-corrected chi connectivity index (χ1v) is 6.81. The van der Waals surface area contributed by atoms with E-state index in [0.29, 0.717) is 6.54 Å². The molecular weight excluding hydrogens is 248 g/mol. The van der Waals surface area contributed by atoms with Crippen LogP contribution in [0, 0.1) is 0 Å². The van der Waals surface area contributed by atoms with E-state index in [1.807, 2.05) is 24.4 Å². The fraction of sp³-hybridized carbons (Fsp3) is 0.385. The summed E-state index contributed by atoms with van der Waals surface area (Å²) in [6.45, 7) is 4.28. The van der Waals surface area contributed by atoms with Gasteiger partial charge in [0.1, 0.15) is 6.04 Å². The van der Waals surface area contributed by atoms with Gasteiger partial charge in [0.25, 0.3) is 0 Å². The standard InChI is InChI=1S/C13H18N2O2S/c1-3-8-14-13(17)10(2)15-12(16)7-6-11-5-4-9-18-11/h4-7,9-10H,3,8H2,1-2H3,(H,14,17)(H,15,16)/b7-6+/t10-/m0/s1. The number of carbonyl (C=O) groups is 2. The van der Waals surface area contributed by atoms with Crippen molar-refractivity contribution in [3.8, 4) is 0 Å². The normalized spacial score (nSPS) is 12.3. The van der Waals surface area contributed by atoms with Crippen molar-refractivity contribution in [2.75, 3.05) is 6.54 Å². The molecule has 0 spiro atoms. The minimum Gasteiger partial charge on any atom is -0.354 e. The largest absolute Gasteiger partial charge is 0.354 e. The zero-order valence-corrected chi connectivity index (χ0v) is 11.4. The second-order valence-electron chi connectivity index (χ2n) is 3.87. The molecule has 0 unspecified atom stereocenters. The lowest BCUT2D eigenvalue weighted by atomic mass is 10.3. The lowest BCUT2D eigenvalue weighted by Crippen LogP contribution is -2.44. The molecule has 0 radical (unpaired) electrons. The van der Waals surface area contributed by atoms with E-state index >= 15 is 0 Å². The third-order valence-corrected chi connectivity index (χ3v) is 3.08. The lowest BCUT2D eigenvalue weighted by molar-refractivity contribution is -0.126. The molecular formula is C13H18N2O2S. The Bertz CT molecular complexity index is 413. The van der Waals surface area contributed by atoms with Gasteiger partial charge < -0.3 is 10.6 Å². The van der Waals surface area contributed by atoms with Crippen molar-refractivity contribution in [1.29, 1.82) is 0 Å². The van der Waals surface area contributed by atoms with Crippen LogP contribution in [0.4, 0.5) is 0 Å². The SMILES string of the molecule is CCCNC(=O)[C@H](C)NC(=O)/C=C/c1cccs1. The molecule has 5 heteroatoms. The fourth-order valence-corrected chi connectivity index (χ4v) is 1.89. The van der Waals surface area contributed by atoms with Crippen molar-refractivity contribution >= 4 is 29.2 Å². The van der Waals surface area contributed by atoms with Crippen LogP contribution in [0.3, 0.4) is 0 Å². The fourth-order valence-electron chi connectivity index (χ4n) is 1.27. The molecule has 1 rings (SSSR count). The Morgan fingerprint density at radius 1 is 1.50 bits per heavy atom. The van der Waals surface area contributed by atoms with E-state index in [4.69, 9.17) is 0 Å². The van der Waals surface area contributed by atoms with Crippen LogP contribution in [0.15, 0.2) is 23.6 Å². The third-order valence-electron chi connectivity index (χ3n) is 2.24. The van der Waals surface area contributed by atoms with Gasteiger partial charge in [-0.1, -0.05) is 13.0 Å². The molecule has 98 valence electrons. The van der Waals surface area contributed by atoms with Gasteiger partial charge in [0.2, 0.25) is 11.8 Å². The molecule has 0 saturated heterocycles. The quantitative estimate of drug-likeness (QED) is 0.771. The average Bonchev–Trinajstić information content (AvgIpc) is 2.86. The van der Waals surface area contributed by atoms with Gasteiger partial charge in [0.05, 0.1) is 0 Å². The van der Waals surface area contributed by atoms with Crippen molar-refractivity contribution in [3.63, 3.8) is 0 Å². The van der Waals surface area contributed by atoms with Gasteiger partial charge in [-0.25, -0.2) is 0 Å². The van der Waals surface area contributed by atoms with E-state index in [2.05, 4.69) is 10.6 Å². The Morgan fingerprint density at radius 2 is 2.28 bits per heavy atom. The van der Waals surface area contributed by atoms with E-state index in [9.17, 15) is 9.59 Å². The first-order chi connectivity index (χ1) is 8.63. The van der Waals surface area contributed by atoms with Crippen LogP contribution in [0.2, 0.25) is 0 Å². The maximum Gasteiger partial charge on any atom is 0.244 e.